The Bertz CT molecular complexity index is 1490. The molecule has 234 valence electrons. The van der Waals surface area contributed by atoms with E-state index in [2.05, 4.69) is 24.2 Å². The summed E-state index contributed by atoms with van der Waals surface area (Å²) in [6.45, 7) is 5.28. The van der Waals surface area contributed by atoms with E-state index in [0.717, 1.165) is 35.3 Å². The molecule has 2 aromatic carbocycles. The van der Waals surface area contributed by atoms with Crippen molar-refractivity contribution in [1.82, 2.24) is 5.32 Å². The Balaban J connectivity index is 1.44. The molecule has 2 aromatic rings. The maximum absolute atomic E-state index is 13.0. The number of hydrogen-bond donors (Lipinski definition) is 1. The van der Waals surface area contributed by atoms with Crippen molar-refractivity contribution in [3.8, 4) is 17.6 Å². The van der Waals surface area contributed by atoms with Crippen molar-refractivity contribution in [2.75, 3.05) is 26.7 Å². The summed E-state index contributed by atoms with van der Waals surface area (Å²) in [5.41, 5.74) is -1.13. The topological polar surface area (TPSA) is 81.7 Å². The Morgan fingerprint density at radius 1 is 1.02 bits per heavy atom. The number of alkyl halides is 3. The molecule has 3 aliphatic rings. The fourth-order valence-corrected chi connectivity index (χ4v) is 7.37. The highest BCUT2D eigenvalue weighted by Gasteiger charge is 2.65. The average molecular weight is 612 g/mol. The van der Waals surface area contributed by atoms with Crippen LogP contribution in [-0.4, -0.2) is 60.7 Å². The molecule has 4 atom stereocenters. The Kier molecular flexibility index (Phi) is 8.56. The lowest BCUT2D eigenvalue weighted by molar-refractivity contribution is -0.924. The zero-order valence-electron chi connectivity index (χ0n) is 25.3. The van der Waals surface area contributed by atoms with Crippen LogP contribution >= 0.6 is 0 Å². The summed E-state index contributed by atoms with van der Waals surface area (Å²) < 4.78 is 51.3. The first-order chi connectivity index (χ1) is 20.7. The SMILES string of the molecule is CC(=O)Oc1cccc([C@@]23CC[N@+](C)(CC4CC4)CC2(OC(C)=O)CC[C@H](NC(=O)C#Cc2ccc(C(F)(F)F)cc2)C3)c1. The van der Waals surface area contributed by atoms with Gasteiger partial charge in [-0.3, -0.25) is 14.4 Å². The minimum atomic E-state index is -4.45. The molecule has 7 nitrogen and oxygen atoms in total. The molecule has 1 heterocycles. The number of halogens is 3. The van der Waals surface area contributed by atoms with E-state index in [-0.39, 0.29) is 12.0 Å². The fraction of sp³-hybridized carbons (Fsp3) is 0.500. The van der Waals surface area contributed by atoms with Gasteiger partial charge in [-0.15, -0.1) is 0 Å². The maximum Gasteiger partial charge on any atom is 0.416 e. The van der Waals surface area contributed by atoms with Gasteiger partial charge in [0.05, 0.1) is 25.7 Å². The van der Waals surface area contributed by atoms with Crippen LogP contribution in [0.5, 0.6) is 5.75 Å². The first kappa shape index (κ1) is 31.6. The molecule has 2 aliphatic carbocycles. The minimum absolute atomic E-state index is 0.296. The molecule has 0 aromatic heterocycles. The van der Waals surface area contributed by atoms with Gasteiger partial charge in [-0.25, -0.2) is 0 Å². The van der Waals surface area contributed by atoms with Crippen molar-refractivity contribution in [3.05, 3.63) is 65.2 Å². The van der Waals surface area contributed by atoms with Crippen LogP contribution in [0.2, 0.25) is 0 Å². The molecule has 0 radical (unpaired) electrons. The smallest absolute Gasteiger partial charge is 0.416 e. The minimum Gasteiger partial charge on any atom is -0.452 e. The molecule has 1 saturated heterocycles. The molecule has 0 spiro atoms. The number of likely N-dealkylation sites (N-methyl/N-ethyl adjacent to an activating group) is 1. The number of rotatable bonds is 6. The summed E-state index contributed by atoms with van der Waals surface area (Å²) in [6.07, 6.45) is 0.206. The predicted molar refractivity (Wildman–Crippen MR) is 156 cm³/mol. The summed E-state index contributed by atoms with van der Waals surface area (Å²) in [5.74, 6) is 4.90. The van der Waals surface area contributed by atoms with Crippen molar-refractivity contribution < 1.29 is 41.5 Å². The lowest BCUT2D eigenvalue weighted by atomic mass is 9.54. The number of ether oxygens (including phenoxy) is 2. The van der Waals surface area contributed by atoms with E-state index in [4.69, 9.17) is 9.47 Å². The number of likely N-dealkylation sites (tertiary alicyclic amines) is 1. The van der Waals surface area contributed by atoms with Gasteiger partial charge in [-0.1, -0.05) is 18.1 Å². The van der Waals surface area contributed by atoms with Crippen LogP contribution in [0.15, 0.2) is 48.5 Å². The largest absolute Gasteiger partial charge is 0.452 e. The van der Waals surface area contributed by atoms with Gasteiger partial charge in [0, 0.05) is 49.1 Å². The van der Waals surface area contributed by atoms with Gasteiger partial charge >= 0.3 is 18.1 Å². The standard InChI is InChI=1S/C34H37F3N2O5/c1-23(40)43-30-6-4-5-28(19-30)32-17-18-39(3,21-26-7-8-26)22-33(32,44-24(2)41)16-15-29(20-32)38-31(42)14-11-25-9-12-27(13-10-25)34(35,36)37/h4-6,9-10,12-13,19,26,29H,7-8,15-18,20-22H2,1-3H3/p+1/t29-,32-,33?,39+/m0/s1. The van der Waals surface area contributed by atoms with Crippen LogP contribution in [-0.2, 0) is 30.7 Å². The summed E-state index contributed by atoms with van der Waals surface area (Å²) >= 11 is 0. The van der Waals surface area contributed by atoms with Crippen LogP contribution in [0.3, 0.4) is 0 Å². The summed E-state index contributed by atoms with van der Waals surface area (Å²) in [7, 11) is 2.23. The van der Waals surface area contributed by atoms with Crippen molar-refractivity contribution in [1.29, 1.82) is 0 Å². The monoisotopic (exact) mass is 611 g/mol. The molecular weight excluding hydrogens is 573 g/mol. The Hall–Kier alpha value is -3.84. The van der Waals surface area contributed by atoms with Gasteiger partial charge in [0.15, 0.2) is 5.60 Å². The van der Waals surface area contributed by atoms with Crippen LogP contribution in [0, 0.1) is 17.8 Å². The average Bonchev–Trinajstić information content (AvgIpc) is 3.75. The molecule has 2 saturated carbocycles. The summed E-state index contributed by atoms with van der Waals surface area (Å²) in [6, 6.07) is 11.4. The number of quaternary nitrogens is 1. The van der Waals surface area contributed by atoms with Gasteiger partial charge in [0.25, 0.3) is 5.91 Å². The second kappa shape index (κ2) is 11.9. The maximum atomic E-state index is 13.0. The van der Waals surface area contributed by atoms with Gasteiger partial charge in [0.1, 0.15) is 12.3 Å². The Morgan fingerprint density at radius 3 is 2.39 bits per heavy atom. The lowest BCUT2D eigenvalue weighted by Gasteiger charge is -2.60. The van der Waals surface area contributed by atoms with Gasteiger partial charge in [-0.2, -0.15) is 13.2 Å². The van der Waals surface area contributed by atoms with E-state index in [0.29, 0.717) is 49.5 Å². The van der Waals surface area contributed by atoms with E-state index in [9.17, 15) is 27.6 Å². The van der Waals surface area contributed by atoms with Crippen LogP contribution < -0.4 is 10.1 Å². The normalized spacial score (nSPS) is 28.1. The zero-order chi connectivity index (χ0) is 31.8. The van der Waals surface area contributed by atoms with Crippen molar-refractivity contribution in [3.63, 3.8) is 0 Å². The molecule has 5 rings (SSSR count). The number of nitrogens with one attached hydrogen (secondary N) is 1. The molecule has 10 heteroatoms. The third-order valence-corrected chi connectivity index (χ3v) is 9.33. The molecule has 3 fully saturated rings. The van der Waals surface area contributed by atoms with E-state index < -0.39 is 34.6 Å². The second-order valence-corrected chi connectivity index (χ2v) is 12.9. The van der Waals surface area contributed by atoms with Crippen LogP contribution in [0.4, 0.5) is 13.2 Å². The third kappa shape index (κ3) is 6.94. The molecule has 0 bridgehead atoms. The van der Waals surface area contributed by atoms with Gasteiger partial charge in [0.2, 0.25) is 0 Å². The Morgan fingerprint density at radius 2 is 1.75 bits per heavy atom. The number of benzene rings is 2. The number of carbonyl (C=O) groups excluding carboxylic acids is 3. The summed E-state index contributed by atoms with van der Waals surface area (Å²) in [5, 5.41) is 3.01. The summed E-state index contributed by atoms with van der Waals surface area (Å²) in [4.78, 5) is 37.4. The fourth-order valence-electron chi connectivity index (χ4n) is 7.37. The lowest BCUT2D eigenvalue weighted by Crippen LogP contribution is -2.72. The van der Waals surface area contributed by atoms with Crippen LogP contribution in [0.1, 0.15) is 69.1 Å². The third-order valence-electron chi connectivity index (χ3n) is 9.33. The number of fused-ring (bicyclic) bond motifs is 1. The number of piperidine rings is 1. The zero-order valence-corrected chi connectivity index (χ0v) is 25.3. The quantitative estimate of drug-likeness (QED) is 0.212. The van der Waals surface area contributed by atoms with Gasteiger partial charge < -0.3 is 19.3 Å². The highest BCUT2D eigenvalue weighted by Crippen LogP contribution is 2.55. The number of hydrogen-bond acceptors (Lipinski definition) is 5. The van der Waals surface area contributed by atoms with E-state index in [1.807, 2.05) is 18.2 Å². The molecule has 44 heavy (non-hydrogen) atoms. The molecule has 1 aliphatic heterocycles. The van der Waals surface area contributed by atoms with Gasteiger partial charge in [-0.05, 0) is 74.1 Å². The molecule has 1 N–H and O–H groups in total. The van der Waals surface area contributed by atoms with Crippen molar-refractivity contribution >= 4 is 17.8 Å². The predicted octanol–water partition coefficient (Wildman–Crippen LogP) is 5.15. The second-order valence-electron chi connectivity index (χ2n) is 12.9. The van der Waals surface area contributed by atoms with E-state index in [1.54, 1.807) is 6.07 Å². The highest BCUT2D eigenvalue weighted by molar-refractivity contribution is 5.94. The molecule has 1 unspecified atom stereocenters. The number of amides is 1. The first-order valence-electron chi connectivity index (χ1n) is 15.0. The Labute approximate surface area is 255 Å². The molecular formula is C34H38F3N2O5+. The molecule has 1 amide bonds. The van der Waals surface area contributed by atoms with Crippen LogP contribution in [0.25, 0.3) is 0 Å². The van der Waals surface area contributed by atoms with Crippen molar-refractivity contribution in [2.24, 2.45) is 5.92 Å². The van der Waals surface area contributed by atoms with E-state index in [1.165, 1.54) is 38.8 Å². The first-order valence-corrected chi connectivity index (χ1v) is 15.0. The number of nitrogens with zero attached hydrogens (tertiary/aromatic N) is 1. The number of esters is 2. The van der Waals surface area contributed by atoms with E-state index >= 15 is 0 Å². The number of carbonyl (C=O) groups is 3. The highest BCUT2D eigenvalue weighted by atomic mass is 19.4. The van der Waals surface area contributed by atoms with Crippen molar-refractivity contribution in [2.45, 2.75) is 75.6 Å².